The van der Waals surface area contributed by atoms with Crippen LogP contribution in [0.25, 0.3) is 0 Å². The quantitative estimate of drug-likeness (QED) is 0.727. The third kappa shape index (κ3) is 4.87. The van der Waals surface area contributed by atoms with Gasteiger partial charge < -0.3 is 15.7 Å². The lowest BCUT2D eigenvalue weighted by atomic mass is 10.1. The van der Waals surface area contributed by atoms with Gasteiger partial charge in [0.25, 0.3) is 0 Å². The summed E-state index contributed by atoms with van der Waals surface area (Å²) in [7, 11) is 0. The number of rotatable bonds is 5. The predicted molar refractivity (Wildman–Crippen MR) is 67.8 cm³/mol. The molecule has 0 saturated heterocycles. The first-order valence-corrected chi connectivity index (χ1v) is 5.80. The SMILES string of the molecule is CC(C)NC(=O)CNC(C)c1cccc(O)c1. The van der Waals surface area contributed by atoms with Crippen molar-refractivity contribution in [3.05, 3.63) is 29.8 Å². The minimum atomic E-state index is -0.0213. The van der Waals surface area contributed by atoms with E-state index >= 15 is 0 Å². The number of amides is 1. The molecule has 0 fully saturated rings. The van der Waals surface area contributed by atoms with Crippen LogP contribution in [-0.4, -0.2) is 23.6 Å². The largest absolute Gasteiger partial charge is 0.508 e. The van der Waals surface area contributed by atoms with Crippen molar-refractivity contribution in [2.45, 2.75) is 32.9 Å². The van der Waals surface area contributed by atoms with Crippen LogP contribution >= 0.6 is 0 Å². The maximum atomic E-state index is 11.4. The summed E-state index contributed by atoms with van der Waals surface area (Å²) in [6, 6.07) is 7.20. The van der Waals surface area contributed by atoms with Crippen LogP contribution in [0, 0.1) is 0 Å². The van der Waals surface area contributed by atoms with Crippen molar-refractivity contribution in [2.75, 3.05) is 6.54 Å². The zero-order chi connectivity index (χ0) is 12.8. The van der Waals surface area contributed by atoms with Gasteiger partial charge >= 0.3 is 0 Å². The lowest BCUT2D eigenvalue weighted by Gasteiger charge is -2.15. The van der Waals surface area contributed by atoms with E-state index in [1.807, 2.05) is 26.8 Å². The Kier molecular flexibility index (Phi) is 4.97. The number of aromatic hydroxyl groups is 1. The van der Waals surface area contributed by atoms with Crippen LogP contribution in [0.3, 0.4) is 0 Å². The van der Waals surface area contributed by atoms with E-state index in [1.165, 1.54) is 0 Å². The van der Waals surface area contributed by atoms with Crippen molar-refractivity contribution < 1.29 is 9.90 Å². The molecule has 1 aromatic rings. The lowest BCUT2D eigenvalue weighted by Crippen LogP contribution is -2.38. The minimum absolute atomic E-state index is 0.0213. The molecular weight excluding hydrogens is 216 g/mol. The summed E-state index contributed by atoms with van der Waals surface area (Å²) in [5.74, 6) is 0.217. The summed E-state index contributed by atoms with van der Waals surface area (Å²) in [6.07, 6.45) is 0. The molecule has 1 atom stereocenters. The van der Waals surface area contributed by atoms with Gasteiger partial charge in [-0.25, -0.2) is 0 Å². The molecular formula is C13H20N2O2. The topological polar surface area (TPSA) is 61.4 Å². The predicted octanol–water partition coefficient (Wildman–Crippen LogP) is 1.57. The number of hydrogen-bond acceptors (Lipinski definition) is 3. The van der Waals surface area contributed by atoms with Gasteiger partial charge in [0, 0.05) is 12.1 Å². The van der Waals surface area contributed by atoms with Crippen LogP contribution in [-0.2, 0) is 4.79 Å². The number of carbonyl (C=O) groups is 1. The van der Waals surface area contributed by atoms with E-state index in [0.29, 0.717) is 0 Å². The van der Waals surface area contributed by atoms with Gasteiger partial charge in [0.2, 0.25) is 5.91 Å². The number of carbonyl (C=O) groups excluding carboxylic acids is 1. The average molecular weight is 236 g/mol. The zero-order valence-electron chi connectivity index (χ0n) is 10.5. The second kappa shape index (κ2) is 6.25. The molecule has 3 N–H and O–H groups in total. The van der Waals surface area contributed by atoms with E-state index in [9.17, 15) is 9.90 Å². The molecule has 17 heavy (non-hydrogen) atoms. The number of hydrogen-bond donors (Lipinski definition) is 3. The first-order valence-electron chi connectivity index (χ1n) is 5.80. The van der Waals surface area contributed by atoms with E-state index in [1.54, 1.807) is 18.2 Å². The zero-order valence-corrected chi connectivity index (χ0v) is 10.5. The monoisotopic (exact) mass is 236 g/mol. The Balaban J connectivity index is 2.44. The van der Waals surface area contributed by atoms with Crippen molar-refractivity contribution in [2.24, 2.45) is 0 Å². The Labute approximate surface area is 102 Å². The number of phenols is 1. The van der Waals surface area contributed by atoms with Crippen LogP contribution < -0.4 is 10.6 Å². The fraction of sp³-hybridized carbons (Fsp3) is 0.462. The molecule has 4 nitrogen and oxygen atoms in total. The Morgan fingerprint density at radius 2 is 2.06 bits per heavy atom. The third-order valence-corrected chi connectivity index (χ3v) is 2.39. The number of nitrogens with one attached hydrogen (secondary N) is 2. The molecule has 0 heterocycles. The van der Waals surface area contributed by atoms with Gasteiger partial charge in [0.1, 0.15) is 5.75 Å². The second-order valence-electron chi connectivity index (χ2n) is 4.42. The maximum Gasteiger partial charge on any atom is 0.234 e. The Hall–Kier alpha value is -1.55. The second-order valence-corrected chi connectivity index (χ2v) is 4.42. The van der Waals surface area contributed by atoms with Crippen LogP contribution in [0.15, 0.2) is 24.3 Å². The lowest BCUT2D eigenvalue weighted by molar-refractivity contribution is -0.120. The first-order chi connectivity index (χ1) is 7.99. The number of phenolic OH excluding ortho intramolecular Hbond substituents is 1. The van der Waals surface area contributed by atoms with Crippen LogP contribution in [0.5, 0.6) is 5.75 Å². The summed E-state index contributed by atoms with van der Waals surface area (Å²) in [5, 5.41) is 15.3. The van der Waals surface area contributed by atoms with Gasteiger partial charge in [0.15, 0.2) is 0 Å². The molecule has 1 amide bonds. The first kappa shape index (κ1) is 13.5. The van der Waals surface area contributed by atoms with Crippen LogP contribution in [0.4, 0.5) is 0 Å². The van der Waals surface area contributed by atoms with E-state index in [0.717, 1.165) is 5.56 Å². The van der Waals surface area contributed by atoms with Gasteiger partial charge in [-0.2, -0.15) is 0 Å². The highest BCUT2D eigenvalue weighted by Crippen LogP contribution is 2.17. The van der Waals surface area contributed by atoms with E-state index in [-0.39, 0.29) is 30.3 Å². The summed E-state index contributed by atoms with van der Waals surface area (Å²) < 4.78 is 0. The summed E-state index contributed by atoms with van der Waals surface area (Å²) in [6.45, 7) is 6.08. The van der Waals surface area contributed by atoms with Crippen molar-refractivity contribution in [1.82, 2.24) is 10.6 Å². The Bertz CT molecular complexity index is 377. The Morgan fingerprint density at radius 3 is 2.65 bits per heavy atom. The highest BCUT2D eigenvalue weighted by atomic mass is 16.3. The van der Waals surface area contributed by atoms with Gasteiger partial charge in [-0.3, -0.25) is 4.79 Å². The maximum absolute atomic E-state index is 11.4. The minimum Gasteiger partial charge on any atom is -0.508 e. The van der Waals surface area contributed by atoms with E-state index < -0.39 is 0 Å². The molecule has 0 aliphatic heterocycles. The van der Waals surface area contributed by atoms with Gasteiger partial charge in [-0.1, -0.05) is 12.1 Å². The van der Waals surface area contributed by atoms with Gasteiger partial charge in [-0.15, -0.1) is 0 Å². The van der Waals surface area contributed by atoms with E-state index in [2.05, 4.69) is 10.6 Å². The molecule has 0 bridgehead atoms. The fourth-order valence-electron chi connectivity index (χ4n) is 1.53. The smallest absolute Gasteiger partial charge is 0.234 e. The highest BCUT2D eigenvalue weighted by molar-refractivity contribution is 5.78. The molecule has 0 saturated carbocycles. The molecule has 0 aliphatic carbocycles. The van der Waals surface area contributed by atoms with Crippen molar-refractivity contribution >= 4 is 5.91 Å². The highest BCUT2D eigenvalue weighted by Gasteiger charge is 2.08. The molecule has 0 aliphatic rings. The average Bonchev–Trinajstić information content (AvgIpc) is 2.25. The third-order valence-electron chi connectivity index (χ3n) is 2.39. The van der Waals surface area contributed by atoms with Gasteiger partial charge in [0.05, 0.1) is 6.54 Å². The molecule has 0 aromatic heterocycles. The van der Waals surface area contributed by atoms with Crippen molar-refractivity contribution in [1.29, 1.82) is 0 Å². The molecule has 1 unspecified atom stereocenters. The summed E-state index contributed by atoms with van der Waals surface area (Å²) >= 11 is 0. The molecule has 4 heteroatoms. The molecule has 1 rings (SSSR count). The molecule has 0 radical (unpaired) electrons. The van der Waals surface area contributed by atoms with Gasteiger partial charge in [-0.05, 0) is 38.5 Å². The fourth-order valence-corrected chi connectivity index (χ4v) is 1.53. The Morgan fingerprint density at radius 1 is 1.35 bits per heavy atom. The normalized spacial score (nSPS) is 12.5. The molecule has 0 spiro atoms. The van der Waals surface area contributed by atoms with E-state index in [4.69, 9.17) is 0 Å². The van der Waals surface area contributed by atoms with Crippen molar-refractivity contribution in [3.63, 3.8) is 0 Å². The van der Waals surface area contributed by atoms with Crippen molar-refractivity contribution in [3.8, 4) is 5.75 Å². The molecule has 1 aromatic carbocycles. The summed E-state index contributed by atoms with van der Waals surface area (Å²) in [5.41, 5.74) is 0.961. The summed E-state index contributed by atoms with van der Waals surface area (Å²) in [4.78, 5) is 11.4. The van der Waals surface area contributed by atoms with Crippen LogP contribution in [0.2, 0.25) is 0 Å². The molecule has 94 valence electrons. The van der Waals surface area contributed by atoms with Crippen LogP contribution in [0.1, 0.15) is 32.4 Å². The number of benzene rings is 1. The standard InChI is InChI=1S/C13H20N2O2/c1-9(2)15-13(17)8-14-10(3)11-5-4-6-12(16)7-11/h4-7,9-10,14,16H,8H2,1-3H3,(H,15,17).